The van der Waals surface area contributed by atoms with Gasteiger partial charge in [0, 0.05) is 17.8 Å². The van der Waals surface area contributed by atoms with E-state index in [9.17, 15) is 4.79 Å². The summed E-state index contributed by atoms with van der Waals surface area (Å²) in [4.78, 5) is 15.6. The molecule has 4 N–H and O–H groups in total. The summed E-state index contributed by atoms with van der Waals surface area (Å²) < 4.78 is 0. The fraction of sp³-hybridized carbons (Fsp3) is 0.250. The fourth-order valence-electron chi connectivity index (χ4n) is 1.45. The van der Waals surface area contributed by atoms with E-state index in [1.165, 1.54) is 6.20 Å². The van der Waals surface area contributed by atoms with Gasteiger partial charge in [0.1, 0.15) is 5.71 Å². The molecule has 5 nitrogen and oxygen atoms in total. The lowest BCUT2D eigenvalue weighted by Gasteiger charge is -2.07. The molecule has 0 spiro atoms. The van der Waals surface area contributed by atoms with Crippen LogP contribution in [0.15, 0.2) is 35.3 Å². The highest BCUT2D eigenvalue weighted by molar-refractivity contribution is 6.60. The Bertz CT molecular complexity index is 508. The molecule has 94 valence electrons. The number of carbonyl (C=O) groups excluding carboxylic acids is 1. The molecule has 1 saturated carbocycles. The molecule has 1 aromatic rings. The summed E-state index contributed by atoms with van der Waals surface area (Å²) in [5.74, 6) is -0.361. The van der Waals surface area contributed by atoms with Gasteiger partial charge in [-0.25, -0.2) is 0 Å². The zero-order chi connectivity index (χ0) is 13.1. The van der Waals surface area contributed by atoms with Crippen molar-refractivity contribution >= 4 is 28.9 Å². The molecule has 1 heterocycles. The Morgan fingerprint density at radius 2 is 2.28 bits per heavy atom. The number of nitrogens with zero attached hydrogens (tertiary/aromatic N) is 1. The van der Waals surface area contributed by atoms with E-state index in [2.05, 4.69) is 10.3 Å². The Labute approximate surface area is 110 Å². The Balaban J connectivity index is 2.05. The second-order valence-corrected chi connectivity index (χ2v) is 4.49. The van der Waals surface area contributed by atoms with Crippen molar-refractivity contribution in [2.24, 2.45) is 11.7 Å². The second-order valence-electron chi connectivity index (χ2n) is 4.11. The SMILES string of the molecule is N=C(C(=O)Nc1cccnc1)C(Cl)=C(N)C1CC1. The van der Waals surface area contributed by atoms with Gasteiger partial charge in [0.15, 0.2) is 0 Å². The van der Waals surface area contributed by atoms with Gasteiger partial charge in [-0.15, -0.1) is 0 Å². The second kappa shape index (κ2) is 5.18. The number of rotatable bonds is 4. The maximum absolute atomic E-state index is 11.8. The van der Waals surface area contributed by atoms with Crippen molar-refractivity contribution in [2.75, 3.05) is 5.32 Å². The predicted molar refractivity (Wildman–Crippen MR) is 70.4 cm³/mol. The van der Waals surface area contributed by atoms with Gasteiger partial charge in [-0.05, 0) is 25.0 Å². The Morgan fingerprint density at radius 1 is 1.56 bits per heavy atom. The summed E-state index contributed by atoms with van der Waals surface area (Å²) >= 11 is 5.93. The number of nitrogens with one attached hydrogen (secondary N) is 2. The van der Waals surface area contributed by atoms with Crippen molar-refractivity contribution < 1.29 is 4.79 Å². The first-order chi connectivity index (χ1) is 8.59. The van der Waals surface area contributed by atoms with Crippen LogP contribution in [0.2, 0.25) is 0 Å². The number of hydrogen-bond donors (Lipinski definition) is 3. The summed E-state index contributed by atoms with van der Waals surface area (Å²) in [5.41, 5.74) is 6.40. The average molecular weight is 265 g/mol. The minimum atomic E-state index is -0.586. The van der Waals surface area contributed by atoms with Crippen LogP contribution in [0.5, 0.6) is 0 Å². The molecule has 6 heteroatoms. The predicted octanol–water partition coefficient (Wildman–Crippen LogP) is 1.86. The molecule has 0 atom stereocenters. The van der Waals surface area contributed by atoms with Crippen LogP contribution in [0.3, 0.4) is 0 Å². The molecule has 0 radical (unpaired) electrons. The van der Waals surface area contributed by atoms with E-state index in [0.717, 1.165) is 12.8 Å². The molecule has 1 amide bonds. The average Bonchev–Trinajstić information content (AvgIpc) is 3.21. The van der Waals surface area contributed by atoms with Gasteiger partial charge < -0.3 is 11.1 Å². The first-order valence-corrected chi connectivity index (χ1v) is 5.93. The number of carbonyl (C=O) groups is 1. The smallest absolute Gasteiger partial charge is 0.275 e. The summed E-state index contributed by atoms with van der Waals surface area (Å²) in [5, 5.41) is 10.3. The Kier molecular flexibility index (Phi) is 3.62. The van der Waals surface area contributed by atoms with Gasteiger partial charge in [0.2, 0.25) is 0 Å². The molecule has 0 aromatic carbocycles. The number of anilines is 1. The quantitative estimate of drug-likeness (QED) is 0.725. The zero-order valence-electron chi connectivity index (χ0n) is 9.61. The number of allylic oxidation sites excluding steroid dienone is 1. The van der Waals surface area contributed by atoms with Crippen LogP contribution in [-0.2, 0) is 4.79 Å². The number of aromatic nitrogens is 1. The third-order valence-electron chi connectivity index (χ3n) is 2.64. The van der Waals surface area contributed by atoms with E-state index in [0.29, 0.717) is 11.4 Å². The van der Waals surface area contributed by atoms with Crippen molar-refractivity contribution in [3.8, 4) is 0 Å². The molecule has 1 aliphatic rings. The number of nitrogens with two attached hydrogens (primary N) is 1. The van der Waals surface area contributed by atoms with E-state index in [1.807, 2.05) is 0 Å². The van der Waals surface area contributed by atoms with Crippen molar-refractivity contribution in [3.05, 3.63) is 35.3 Å². The molecule has 1 aliphatic carbocycles. The third kappa shape index (κ3) is 2.87. The molecular formula is C12H13ClN4O. The zero-order valence-corrected chi connectivity index (χ0v) is 10.4. The van der Waals surface area contributed by atoms with E-state index in [4.69, 9.17) is 22.7 Å². The Morgan fingerprint density at radius 3 is 2.83 bits per heavy atom. The lowest BCUT2D eigenvalue weighted by atomic mass is 10.2. The standard InChI is InChI=1S/C12H13ClN4O/c13-9(10(14)7-3-4-7)11(15)12(18)17-8-2-1-5-16-6-8/h1-2,5-7,15H,3-4,14H2,(H,17,18). The maximum atomic E-state index is 11.8. The summed E-state index contributed by atoms with van der Waals surface area (Å²) in [6, 6.07) is 3.37. The van der Waals surface area contributed by atoms with Crippen molar-refractivity contribution in [2.45, 2.75) is 12.8 Å². The lowest BCUT2D eigenvalue weighted by molar-refractivity contribution is -0.110. The van der Waals surface area contributed by atoms with Crippen LogP contribution in [0.1, 0.15) is 12.8 Å². The highest BCUT2D eigenvalue weighted by Crippen LogP contribution is 2.36. The number of hydrogen-bond acceptors (Lipinski definition) is 4. The minimum absolute atomic E-state index is 0.0406. The van der Waals surface area contributed by atoms with Crippen molar-refractivity contribution in [1.29, 1.82) is 5.41 Å². The third-order valence-corrected chi connectivity index (χ3v) is 3.04. The molecule has 0 bridgehead atoms. The summed E-state index contributed by atoms with van der Waals surface area (Å²) in [7, 11) is 0. The molecule has 0 saturated heterocycles. The first kappa shape index (κ1) is 12.6. The van der Waals surface area contributed by atoms with Gasteiger partial charge in [-0.3, -0.25) is 15.2 Å². The maximum Gasteiger partial charge on any atom is 0.275 e. The summed E-state index contributed by atoms with van der Waals surface area (Å²) in [6.45, 7) is 0. The molecule has 1 aromatic heterocycles. The molecule has 2 rings (SSSR count). The summed E-state index contributed by atoms with van der Waals surface area (Å²) in [6.07, 6.45) is 5.03. The molecular weight excluding hydrogens is 252 g/mol. The molecule has 18 heavy (non-hydrogen) atoms. The van der Waals surface area contributed by atoms with Crippen LogP contribution in [-0.4, -0.2) is 16.6 Å². The van der Waals surface area contributed by atoms with Crippen LogP contribution in [0.25, 0.3) is 0 Å². The number of halogens is 1. The lowest BCUT2D eigenvalue weighted by Crippen LogP contribution is -2.24. The van der Waals surface area contributed by atoms with Gasteiger partial charge in [-0.1, -0.05) is 11.6 Å². The minimum Gasteiger partial charge on any atom is -0.401 e. The highest BCUT2D eigenvalue weighted by atomic mass is 35.5. The topological polar surface area (TPSA) is 91.9 Å². The van der Waals surface area contributed by atoms with Gasteiger partial charge in [0.25, 0.3) is 5.91 Å². The molecule has 0 aliphatic heterocycles. The van der Waals surface area contributed by atoms with E-state index >= 15 is 0 Å². The van der Waals surface area contributed by atoms with Crippen LogP contribution < -0.4 is 11.1 Å². The Hall–Kier alpha value is -1.88. The normalized spacial score (nSPS) is 15.8. The van der Waals surface area contributed by atoms with Gasteiger partial charge in [0.05, 0.1) is 16.9 Å². The molecule has 0 unspecified atom stereocenters. The van der Waals surface area contributed by atoms with E-state index < -0.39 is 5.91 Å². The first-order valence-electron chi connectivity index (χ1n) is 5.55. The van der Waals surface area contributed by atoms with Crippen LogP contribution in [0, 0.1) is 11.3 Å². The number of pyridine rings is 1. The highest BCUT2D eigenvalue weighted by Gasteiger charge is 2.28. The van der Waals surface area contributed by atoms with Crippen LogP contribution in [0.4, 0.5) is 5.69 Å². The van der Waals surface area contributed by atoms with E-state index in [1.54, 1.807) is 18.3 Å². The number of amides is 1. The van der Waals surface area contributed by atoms with Crippen molar-refractivity contribution in [3.63, 3.8) is 0 Å². The van der Waals surface area contributed by atoms with Crippen LogP contribution >= 0.6 is 11.6 Å². The monoisotopic (exact) mass is 264 g/mol. The fourth-order valence-corrected chi connectivity index (χ4v) is 1.69. The van der Waals surface area contributed by atoms with E-state index in [-0.39, 0.29) is 16.7 Å². The van der Waals surface area contributed by atoms with Gasteiger partial charge >= 0.3 is 0 Å². The largest absolute Gasteiger partial charge is 0.401 e. The van der Waals surface area contributed by atoms with Gasteiger partial charge in [-0.2, -0.15) is 0 Å². The molecule has 1 fully saturated rings. The van der Waals surface area contributed by atoms with Crippen molar-refractivity contribution in [1.82, 2.24) is 4.98 Å².